The molecule has 3 aromatic carbocycles. The minimum Gasteiger partial charge on any atom is -0.495 e. The lowest BCUT2D eigenvalue weighted by Crippen LogP contribution is -2.35. The number of nitrogens with zero attached hydrogens (tertiary/aromatic N) is 1. The summed E-state index contributed by atoms with van der Waals surface area (Å²) in [7, 11) is 1.59. The summed E-state index contributed by atoms with van der Waals surface area (Å²) in [6, 6.07) is 21.5. The number of carbonyl (C=O) groups is 1. The summed E-state index contributed by atoms with van der Waals surface area (Å²) in [5, 5.41) is 10.1. The lowest BCUT2D eigenvalue weighted by Gasteiger charge is -2.32. The maximum Gasteiger partial charge on any atom is 0.307 e. The Morgan fingerprint density at radius 3 is 2.44 bits per heavy atom. The number of carbonyl (C=O) groups excluding carboxylic acids is 1. The van der Waals surface area contributed by atoms with Crippen molar-refractivity contribution in [1.29, 1.82) is 0 Å². The van der Waals surface area contributed by atoms with E-state index in [1.54, 1.807) is 12.0 Å². The van der Waals surface area contributed by atoms with E-state index in [0.29, 0.717) is 43.0 Å². The second-order valence-corrected chi connectivity index (χ2v) is 9.68. The number of H-pyrrole nitrogens is 1. The van der Waals surface area contributed by atoms with Crippen molar-refractivity contribution in [1.82, 2.24) is 4.98 Å². The number of hydrogen-bond acceptors (Lipinski definition) is 6. The van der Waals surface area contributed by atoms with Gasteiger partial charge in [-0.05, 0) is 46.9 Å². The van der Waals surface area contributed by atoms with Crippen molar-refractivity contribution in [3.05, 3.63) is 104 Å². The third-order valence-corrected chi connectivity index (χ3v) is 7.16. The molecule has 1 aliphatic heterocycles. The Bertz CT molecular complexity index is 1430. The van der Waals surface area contributed by atoms with Crippen LogP contribution in [0.4, 0.5) is 5.69 Å². The van der Waals surface area contributed by atoms with E-state index < -0.39 is 0 Å². The predicted molar refractivity (Wildman–Crippen MR) is 139 cm³/mol. The molecule has 2 N–H and O–H groups in total. The average molecular weight is 503 g/mol. The molecule has 1 aromatic heterocycles. The number of methoxy groups -OCH3 is 1. The van der Waals surface area contributed by atoms with Crippen LogP contribution in [-0.4, -0.2) is 23.1 Å². The van der Waals surface area contributed by atoms with Gasteiger partial charge in [-0.15, -0.1) is 0 Å². The second kappa shape index (κ2) is 10.3. The number of aromatic nitrogens is 1. The summed E-state index contributed by atoms with van der Waals surface area (Å²) in [5.74, 6) is 1.30. The van der Waals surface area contributed by atoms with E-state index in [2.05, 4.69) is 4.98 Å². The molecule has 0 aliphatic carbocycles. The van der Waals surface area contributed by atoms with Crippen LogP contribution in [0.3, 0.4) is 0 Å². The molecule has 0 atom stereocenters. The van der Waals surface area contributed by atoms with E-state index in [9.17, 15) is 14.7 Å². The molecule has 36 heavy (non-hydrogen) atoms. The number of nitrogens with one attached hydrogen (secondary N) is 1. The summed E-state index contributed by atoms with van der Waals surface area (Å²) < 4.78 is 11.5. The lowest BCUT2D eigenvalue weighted by molar-refractivity contribution is -0.119. The molecule has 0 unspecified atom stereocenters. The molecule has 0 saturated carbocycles. The van der Waals surface area contributed by atoms with Gasteiger partial charge < -0.3 is 19.5 Å². The first kappa shape index (κ1) is 23.7. The topological polar surface area (TPSA) is 91.9 Å². The first-order valence-corrected chi connectivity index (χ1v) is 12.5. The smallest absolute Gasteiger partial charge is 0.307 e. The Morgan fingerprint density at radius 1 is 0.972 bits per heavy atom. The van der Waals surface area contributed by atoms with Crippen LogP contribution in [-0.2, 0) is 30.8 Å². The largest absolute Gasteiger partial charge is 0.495 e. The highest BCUT2D eigenvalue weighted by molar-refractivity contribution is 7.09. The van der Waals surface area contributed by atoms with Crippen molar-refractivity contribution in [2.24, 2.45) is 0 Å². The predicted octanol–water partition coefficient (Wildman–Crippen LogP) is 4.80. The van der Waals surface area contributed by atoms with Gasteiger partial charge in [0.2, 0.25) is 11.8 Å². The fraction of sp³-hybridized carbons (Fsp3) is 0.214. The molecule has 0 spiro atoms. The maximum atomic E-state index is 13.0. The molecule has 0 fully saturated rings. The van der Waals surface area contributed by atoms with Gasteiger partial charge in [-0.25, -0.2) is 0 Å². The van der Waals surface area contributed by atoms with Gasteiger partial charge in [-0.3, -0.25) is 14.6 Å². The van der Waals surface area contributed by atoms with Gasteiger partial charge in [0.1, 0.15) is 18.1 Å². The number of hydrogen-bond donors (Lipinski definition) is 2. The molecule has 4 aromatic rings. The van der Waals surface area contributed by atoms with Crippen molar-refractivity contribution < 1.29 is 19.4 Å². The number of anilines is 1. The molecule has 8 heteroatoms. The van der Waals surface area contributed by atoms with Crippen LogP contribution in [0.5, 0.6) is 17.4 Å². The minimum absolute atomic E-state index is 0.0245. The fourth-order valence-corrected chi connectivity index (χ4v) is 5.23. The molecule has 184 valence electrons. The summed E-state index contributed by atoms with van der Waals surface area (Å²) in [6.45, 7) is 0.886. The molecule has 0 radical (unpaired) electrons. The Kier molecular flexibility index (Phi) is 6.77. The van der Waals surface area contributed by atoms with E-state index in [4.69, 9.17) is 9.47 Å². The van der Waals surface area contributed by atoms with Crippen LogP contribution in [0.1, 0.15) is 33.6 Å². The van der Waals surface area contributed by atoms with Crippen molar-refractivity contribution in [2.75, 3.05) is 12.0 Å². The first-order chi connectivity index (χ1) is 17.5. The number of amides is 1. The van der Waals surface area contributed by atoms with Crippen LogP contribution in [0.25, 0.3) is 0 Å². The fourth-order valence-electron chi connectivity index (χ4n) is 4.48. The van der Waals surface area contributed by atoms with Gasteiger partial charge in [0.15, 0.2) is 0 Å². The summed E-state index contributed by atoms with van der Waals surface area (Å²) in [5.41, 5.74) is 4.77. The van der Waals surface area contributed by atoms with Crippen LogP contribution in [0, 0.1) is 0 Å². The van der Waals surface area contributed by atoms with Gasteiger partial charge in [0.05, 0.1) is 24.2 Å². The van der Waals surface area contributed by atoms with Crippen LogP contribution in [0.2, 0.25) is 0 Å². The van der Waals surface area contributed by atoms with Gasteiger partial charge >= 0.3 is 4.87 Å². The number of aromatic hydroxyl groups is 1. The number of ether oxygens (including phenoxy) is 2. The van der Waals surface area contributed by atoms with E-state index >= 15 is 0 Å². The minimum atomic E-state index is -0.294. The molecule has 1 aliphatic rings. The number of thiazole rings is 1. The lowest BCUT2D eigenvalue weighted by atomic mass is 9.92. The number of rotatable bonds is 8. The van der Waals surface area contributed by atoms with Crippen LogP contribution in [0.15, 0.2) is 71.5 Å². The van der Waals surface area contributed by atoms with Gasteiger partial charge in [0, 0.05) is 12.8 Å². The normalized spacial score (nSPS) is 12.9. The summed E-state index contributed by atoms with van der Waals surface area (Å²) in [6.07, 6.45) is 1.35. The SMILES string of the molecule is COc1ccc(Cc2sc(=O)[nH]c2O)c2c1N(Cc1ccc(OCc3ccccc3)cc1)C(=O)CC2. The van der Waals surface area contributed by atoms with Crippen LogP contribution >= 0.6 is 11.3 Å². The summed E-state index contributed by atoms with van der Waals surface area (Å²) in [4.78, 5) is 29.2. The third kappa shape index (κ3) is 4.99. The van der Waals surface area contributed by atoms with Gasteiger partial charge in [-0.2, -0.15) is 0 Å². The molecule has 7 nitrogen and oxygen atoms in total. The van der Waals surface area contributed by atoms with Gasteiger partial charge in [0.25, 0.3) is 0 Å². The third-order valence-electron chi connectivity index (χ3n) is 6.29. The number of fused-ring (bicyclic) bond motifs is 1. The molecular weight excluding hydrogens is 476 g/mol. The number of benzene rings is 3. The van der Waals surface area contributed by atoms with Crippen LogP contribution < -0.4 is 19.2 Å². The molecule has 2 heterocycles. The zero-order valence-electron chi connectivity index (χ0n) is 19.8. The highest BCUT2D eigenvalue weighted by Crippen LogP contribution is 2.41. The Balaban J connectivity index is 1.38. The number of aromatic amines is 1. The molecule has 5 rings (SSSR count). The Hall–Kier alpha value is -4.04. The molecular formula is C28H26N2O5S. The standard InChI is InChI=1S/C28H26N2O5S/c1-34-23-13-9-20(15-24-27(32)29-28(33)36-24)22-12-14-25(31)30(26(22)23)16-18-7-10-21(11-8-18)35-17-19-5-3-2-4-6-19/h2-11,13,32H,12,14-17H2,1H3,(H,29,33). The first-order valence-electron chi connectivity index (χ1n) is 11.7. The van der Waals surface area contributed by atoms with E-state index in [0.717, 1.165) is 45.0 Å². The van der Waals surface area contributed by atoms with E-state index in [1.807, 2.05) is 66.7 Å². The maximum absolute atomic E-state index is 13.0. The zero-order valence-corrected chi connectivity index (χ0v) is 20.6. The quantitative estimate of drug-likeness (QED) is 0.361. The van der Waals surface area contributed by atoms with E-state index in [-0.39, 0.29) is 16.7 Å². The molecule has 0 saturated heterocycles. The second-order valence-electron chi connectivity index (χ2n) is 8.62. The van der Waals surface area contributed by atoms with Gasteiger partial charge in [-0.1, -0.05) is 59.9 Å². The zero-order chi connectivity index (χ0) is 25.1. The Morgan fingerprint density at radius 2 is 1.75 bits per heavy atom. The monoisotopic (exact) mass is 502 g/mol. The van der Waals surface area contributed by atoms with Crippen molar-refractivity contribution >= 4 is 22.9 Å². The van der Waals surface area contributed by atoms with Crippen molar-refractivity contribution in [3.63, 3.8) is 0 Å². The average Bonchev–Trinajstić information content (AvgIpc) is 3.22. The van der Waals surface area contributed by atoms with E-state index in [1.165, 1.54) is 0 Å². The molecule has 0 bridgehead atoms. The Labute approximate surface area is 212 Å². The van der Waals surface area contributed by atoms with Crippen molar-refractivity contribution in [3.8, 4) is 17.4 Å². The van der Waals surface area contributed by atoms with Crippen molar-refractivity contribution in [2.45, 2.75) is 32.4 Å². The highest BCUT2D eigenvalue weighted by atomic mass is 32.1. The highest BCUT2D eigenvalue weighted by Gasteiger charge is 2.30. The molecule has 1 amide bonds. The summed E-state index contributed by atoms with van der Waals surface area (Å²) >= 11 is 0.993.